The van der Waals surface area contributed by atoms with E-state index in [0.29, 0.717) is 6.42 Å². The van der Waals surface area contributed by atoms with E-state index in [9.17, 15) is 4.39 Å². The lowest BCUT2D eigenvalue weighted by molar-refractivity contribution is 0.626. The van der Waals surface area contributed by atoms with Crippen molar-refractivity contribution in [3.05, 3.63) is 46.2 Å². The van der Waals surface area contributed by atoms with Gasteiger partial charge in [-0.15, -0.1) is 11.3 Å². The fraction of sp³-hybridized carbons (Fsp3) is 0.250. The van der Waals surface area contributed by atoms with E-state index >= 15 is 0 Å². The van der Waals surface area contributed by atoms with Crippen molar-refractivity contribution in [1.82, 2.24) is 4.98 Å². The highest BCUT2D eigenvalue weighted by Crippen LogP contribution is 2.23. The molecule has 4 heteroatoms. The van der Waals surface area contributed by atoms with Crippen LogP contribution < -0.4 is 5.32 Å². The van der Waals surface area contributed by atoms with Crippen LogP contribution in [0.4, 0.5) is 9.52 Å². The minimum Gasteiger partial charge on any atom is -0.365 e. The molecule has 0 amide bonds. The molecule has 1 heterocycles. The van der Waals surface area contributed by atoms with Crippen molar-refractivity contribution in [3.63, 3.8) is 0 Å². The first-order valence-electron chi connectivity index (χ1n) is 5.07. The molecular formula is C12H13FN2S. The summed E-state index contributed by atoms with van der Waals surface area (Å²) in [6.45, 7) is 2.03. The Bertz CT molecular complexity index is 494. The molecule has 0 fully saturated rings. The number of hydrogen-bond donors (Lipinski definition) is 1. The van der Waals surface area contributed by atoms with E-state index in [1.165, 1.54) is 10.9 Å². The summed E-state index contributed by atoms with van der Waals surface area (Å²) in [4.78, 5) is 5.61. The summed E-state index contributed by atoms with van der Waals surface area (Å²) >= 11 is 1.62. The van der Waals surface area contributed by atoms with Crippen LogP contribution in [0.25, 0.3) is 0 Å². The SMILES string of the molecule is CNc1nc(Cc2cccc(F)c2)c(C)s1. The van der Waals surface area contributed by atoms with Crippen molar-refractivity contribution in [2.45, 2.75) is 13.3 Å². The van der Waals surface area contributed by atoms with Crippen LogP contribution in [0.2, 0.25) is 0 Å². The van der Waals surface area contributed by atoms with Gasteiger partial charge in [-0.05, 0) is 24.6 Å². The maximum Gasteiger partial charge on any atom is 0.182 e. The molecule has 1 N–H and O–H groups in total. The number of anilines is 1. The number of nitrogens with zero attached hydrogens (tertiary/aromatic N) is 1. The van der Waals surface area contributed by atoms with E-state index in [1.807, 2.05) is 20.0 Å². The molecule has 0 spiro atoms. The van der Waals surface area contributed by atoms with E-state index in [-0.39, 0.29) is 5.82 Å². The smallest absolute Gasteiger partial charge is 0.182 e. The first-order chi connectivity index (χ1) is 7.69. The highest BCUT2D eigenvalue weighted by Gasteiger charge is 2.07. The molecule has 0 aliphatic rings. The first kappa shape index (κ1) is 11.1. The third kappa shape index (κ3) is 2.39. The Labute approximate surface area is 98.2 Å². The molecule has 0 bridgehead atoms. The van der Waals surface area contributed by atoms with Crippen LogP contribution in [0.15, 0.2) is 24.3 Å². The summed E-state index contributed by atoms with van der Waals surface area (Å²) in [5.74, 6) is -0.195. The lowest BCUT2D eigenvalue weighted by Gasteiger charge is -1.99. The van der Waals surface area contributed by atoms with Crippen LogP contribution in [-0.2, 0) is 6.42 Å². The number of nitrogens with one attached hydrogen (secondary N) is 1. The van der Waals surface area contributed by atoms with Gasteiger partial charge in [-0.3, -0.25) is 0 Å². The van der Waals surface area contributed by atoms with E-state index in [2.05, 4.69) is 10.3 Å². The highest BCUT2D eigenvalue weighted by atomic mass is 32.1. The fourth-order valence-corrected chi connectivity index (χ4v) is 2.32. The summed E-state index contributed by atoms with van der Waals surface area (Å²) in [5, 5.41) is 3.93. The first-order valence-corrected chi connectivity index (χ1v) is 5.89. The normalized spacial score (nSPS) is 10.4. The van der Waals surface area contributed by atoms with E-state index in [4.69, 9.17) is 0 Å². The molecule has 0 atom stereocenters. The van der Waals surface area contributed by atoms with Gasteiger partial charge in [-0.1, -0.05) is 12.1 Å². The van der Waals surface area contributed by atoms with Gasteiger partial charge >= 0.3 is 0 Å². The van der Waals surface area contributed by atoms with Crippen molar-refractivity contribution in [2.24, 2.45) is 0 Å². The molecule has 2 nitrogen and oxygen atoms in total. The Morgan fingerprint density at radius 3 is 2.88 bits per heavy atom. The maximum absolute atomic E-state index is 13.0. The molecule has 1 aromatic carbocycles. The summed E-state index contributed by atoms with van der Waals surface area (Å²) in [6, 6.07) is 6.65. The van der Waals surface area contributed by atoms with Crippen molar-refractivity contribution >= 4 is 16.5 Å². The summed E-state index contributed by atoms with van der Waals surface area (Å²) in [6.07, 6.45) is 0.682. The van der Waals surface area contributed by atoms with Gasteiger partial charge in [0.05, 0.1) is 5.69 Å². The molecule has 0 aliphatic heterocycles. The molecule has 0 saturated heterocycles. The van der Waals surface area contributed by atoms with Crippen LogP contribution in [0, 0.1) is 12.7 Å². The van der Waals surface area contributed by atoms with Crippen molar-refractivity contribution in [1.29, 1.82) is 0 Å². The monoisotopic (exact) mass is 236 g/mol. The van der Waals surface area contributed by atoms with Crippen LogP contribution in [0.1, 0.15) is 16.1 Å². The van der Waals surface area contributed by atoms with Crippen LogP contribution in [0.5, 0.6) is 0 Å². The number of rotatable bonds is 3. The molecule has 84 valence electrons. The summed E-state index contributed by atoms with van der Waals surface area (Å²) < 4.78 is 13.0. The van der Waals surface area contributed by atoms with Crippen molar-refractivity contribution in [2.75, 3.05) is 12.4 Å². The van der Waals surface area contributed by atoms with Gasteiger partial charge in [-0.25, -0.2) is 9.37 Å². The number of aryl methyl sites for hydroxylation is 1. The number of hydrogen-bond acceptors (Lipinski definition) is 3. The van der Waals surface area contributed by atoms with E-state index < -0.39 is 0 Å². The fourth-order valence-electron chi connectivity index (χ4n) is 1.54. The summed E-state index contributed by atoms with van der Waals surface area (Å²) in [5.41, 5.74) is 1.97. The Balaban J connectivity index is 2.23. The molecule has 1 aromatic heterocycles. The molecule has 16 heavy (non-hydrogen) atoms. The standard InChI is InChI=1S/C12H13FN2S/c1-8-11(15-12(14-2)16-8)7-9-4-3-5-10(13)6-9/h3-6H,7H2,1-2H3,(H,14,15). The molecule has 2 rings (SSSR count). The molecular weight excluding hydrogens is 223 g/mol. The number of thiazole rings is 1. The number of halogens is 1. The van der Waals surface area contributed by atoms with Gasteiger partial charge in [0.2, 0.25) is 0 Å². The second-order valence-corrected chi connectivity index (χ2v) is 4.78. The van der Waals surface area contributed by atoms with Gasteiger partial charge in [-0.2, -0.15) is 0 Å². The topological polar surface area (TPSA) is 24.9 Å². The van der Waals surface area contributed by atoms with Gasteiger partial charge in [0, 0.05) is 18.3 Å². The minimum atomic E-state index is -0.195. The lowest BCUT2D eigenvalue weighted by Crippen LogP contribution is -1.92. The number of aromatic nitrogens is 1. The molecule has 2 aromatic rings. The third-order valence-corrected chi connectivity index (χ3v) is 3.40. The lowest BCUT2D eigenvalue weighted by atomic mass is 10.1. The quantitative estimate of drug-likeness (QED) is 0.885. The second-order valence-electron chi connectivity index (χ2n) is 3.58. The molecule has 0 saturated carbocycles. The average molecular weight is 236 g/mol. The zero-order valence-corrected chi connectivity index (χ0v) is 10.1. The summed E-state index contributed by atoms with van der Waals surface area (Å²) in [7, 11) is 1.85. The molecule has 0 unspecified atom stereocenters. The Hall–Kier alpha value is -1.42. The molecule has 0 radical (unpaired) electrons. The maximum atomic E-state index is 13.0. The van der Waals surface area contributed by atoms with Crippen LogP contribution in [0.3, 0.4) is 0 Å². The van der Waals surface area contributed by atoms with Crippen LogP contribution in [-0.4, -0.2) is 12.0 Å². The van der Waals surface area contributed by atoms with Gasteiger partial charge < -0.3 is 5.32 Å². The van der Waals surface area contributed by atoms with Gasteiger partial charge in [0.25, 0.3) is 0 Å². The largest absolute Gasteiger partial charge is 0.365 e. The Morgan fingerprint density at radius 1 is 1.44 bits per heavy atom. The van der Waals surface area contributed by atoms with Gasteiger partial charge in [0.15, 0.2) is 5.13 Å². The third-order valence-electron chi connectivity index (χ3n) is 2.37. The Morgan fingerprint density at radius 2 is 2.25 bits per heavy atom. The zero-order valence-electron chi connectivity index (χ0n) is 9.25. The van der Waals surface area contributed by atoms with E-state index in [1.54, 1.807) is 23.5 Å². The molecule has 0 aliphatic carbocycles. The van der Waals surface area contributed by atoms with Crippen molar-refractivity contribution in [3.8, 4) is 0 Å². The minimum absolute atomic E-state index is 0.195. The predicted molar refractivity (Wildman–Crippen MR) is 65.6 cm³/mol. The zero-order chi connectivity index (χ0) is 11.5. The number of benzene rings is 1. The average Bonchev–Trinajstić information content (AvgIpc) is 2.60. The van der Waals surface area contributed by atoms with Gasteiger partial charge in [0.1, 0.15) is 5.82 Å². The predicted octanol–water partition coefficient (Wildman–Crippen LogP) is 3.22. The van der Waals surface area contributed by atoms with Crippen molar-refractivity contribution < 1.29 is 4.39 Å². The highest BCUT2D eigenvalue weighted by molar-refractivity contribution is 7.15. The Kier molecular flexibility index (Phi) is 3.19. The van der Waals surface area contributed by atoms with Crippen LogP contribution >= 0.6 is 11.3 Å². The van der Waals surface area contributed by atoms with E-state index in [0.717, 1.165) is 16.4 Å². The second kappa shape index (κ2) is 4.61.